The average molecular weight is 279 g/mol. The first kappa shape index (κ1) is 13.6. The Morgan fingerprint density at radius 2 is 2.21 bits per heavy atom. The highest BCUT2D eigenvalue weighted by Gasteiger charge is 2.09. The summed E-state index contributed by atoms with van der Waals surface area (Å²) in [5, 5.41) is 6.44. The van der Waals surface area contributed by atoms with E-state index in [0.29, 0.717) is 10.7 Å². The van der Waals surface area contributed by atoms with Gasteiger partial charge in [-0.25, -0.2) is 0 Å². The molecule has 0 saturated heterocycles. The van der Waals surface area contributed by atoms with Crippen molar-refractivity contribution in [3.8, 4) is 0 Å². The van der Waals surface area contributed by atoms with Gasteiger partial charge in [-0.05, 0) is 37.3 Å². The first-order valence-corrected chi connectivity index (χ1v) is 6.35. The van der Waals surface area contributed by atoms with Gasteiger partial charge < -0.3 is 9.73 Å². The maximum absolute atomic E-state index is 11.8. The molecule has 1 aromatic carbocycles. The van der Waals surface area contributed by atoms with Crippen LogP contribution in [0.1, 0.15) is 18.7 Å². The highest BCUT2D eigenvalue weighted by atomic mass is 35.5. The normalized spacial score (nSPS) is 12.1. The zero-order valence-electron chi connectivity index (χ0n) is 10.5. The van der Waals surface area contributed by atoms with Crippen LogP contribution in [0.15, 0.2) is 47.1 Å². The van der Waals surface area contributed by atoms with E-state index in [0.717, 1.165) is 5.76 Å². The first-order valence-electron chi connectivity index (χ1n) is 5.97. The van der Waals surface area contributed by atoms with Gasteiger partial charge in [-0.1, -0.05) is 17.7 Å². The Hall–Kier alpha value is -1.78. The van der Waals surface area contributed by atoms with Crippen LogP contribution in [-0.2, 0) is 4.79 Å². The van der Waals surface area contributed by atoms with Gasteiger partial charge in [0.25, 0.3) is 0 Å². The van der Waals surface area contributed by atoms with E-state index < -0.39 is 0 Å². The second-order valence-electron chi connectivity index (χ2n) is 4.18. The minimum atomic E-state index is -0.124. The van der Waals surface area contributed by atoms with Gasteiger partial charge >= 0.3 is 0 Å². The largest absolute Gasteiger partial charge is 0.468 e. The Bertz CT molecular complexity index is 540. The Balaban J connectivity index is 1.82. The van der Waals surface area contributed by atoms with Gasteiger partial charge in [0, 0.05) is 10.7 Å². The van der Waals surface area contributed by atoms with E-state index in [2.05, 4.69) is 10.6 Å². The first-order chi connectivity index (χ1) is 9.15. The molecule has 0 aliphatic heterocycles. The van der Waals surface area contributed by atoms with Crippen LogP contribution < -0.4 is 10.6 Å². The van der Waals surface area contributed by atoms with Crippen molar-refractivity contribution < 1.29 is 9.21 Å². The molecule has 0 radical (unpaired) electrons. The van der Waals surface area contributed by atoms with E-state index >= 15 is 0 Å². The summed E-state index contributed by atoms with van der Waals surface area (Å²) in [6.07, 6.45) is 1.61. The predicted octanol–water partition coefficient (Wildman–Crippen LogP) is 3.22. The maximum Gasteiger partial charge on any atom is 0.238 e. The number of rotatable bonds is 5. The summed E-state index contributed by atoms with van der Waals surface area (Å²) in [6.45, 7) is 2.14. The summed E-state index contributed by atoms with van der Waals surface area (Å²) in [5.41, 5.74) is 0.685. The van der Waals surface area contributed by atoms with Crippen LogP contribution in [0.2, 0.25) is 5.02 Å². The Morgan fingerprint density at radius 1 is 1.37 bits per heavy atom. The average Bonchev–Trinajstić information content (AvgIpc) is 2.90. The lowest BCUT2D eigenvalue weighted by atomic mass is 10.2. The van der Waals surface area contributed by atoms with Crippen molar-refractivity contribution in [3.05, 3.63) is 53.4 Å². The van der Waals surface area contributed by atoms with Crippen LogP contribution in [0, 0.1) is 0 Å². The number of benzene rings is 1. The predicted molar refractivity (Wildman–Crippen MR) is 75.2 cm³/mol. The number of anilines is 1. The number of carbonyl (C=O) groups excluding carboxylic acids is 1. The molecule has 100 valence electrons. The molecule has 19 heavy (non-hydrogen) atoms. The van der Waals surface area contributed by atoms with E-state index in [1.165, 1.54) is 0 Å². The van der Waals surface area contributed by atoms with Crippen LogP contribution in [0.4, 0.5) is 5.69 Å². The minimum Gasteiger partial charge on any atom is -0.468 e. The zero-order chi connectivity index (χ0) is 13.7. The zero-order valence-corrected chi connectivity index (χ0v) is 11.3. The fraction of sp³-hybridized carbons (Fsp3) is 0.214. The summed E-state index contributed by atoms with van der Waals surface area (Å²) in [7, 11) is 0. The van der Waals surface area contributed by atoms with Gasteiger partial charge in [0.1, 0.15) is 5.76 Å². The lowest BCUT2D eigenvalue weighted by molar-refractivity contribution is -0.115. The number of hydrogen-bond acceptors (Lipinski definition) is 3. The molecule has 2 N–H and O–H groups in total. The van der Waals surface area contributed by atoms with Crippen molar-refractivity contribution in [2.45, 2.75) is 13.0 Å². The summed E-state index contributed by atoms with van der Waals surface area (Å²) >= 11 is 5.84. The molecular formula is C14H15ClN2O2. The maximum atomic E-state index is 11.8. The van der Waals surface area contributed by atoms with E-state index in [9.17, 15) is 4.79 Å². The van der Waals surface area contributed by atoms with Crippen molar-refractivity contribution in [3.63, 3.8) is 0 Å². The third kappa shape index (κ3) is 4.12. The lowest BCUT2D eigenvalue weighted by Crippen LogP contribution is -2.29. The number of furan rings is 1. The molecule has 0 saturated carbocycles. The second kappa shape index (κ2) is 6.41. The number of carbonyl (C=O) groups is 1. The molecule has 0 fully saturated rings. The molecule has 1 amide bonds. The highest BCUT2D eigenvalue weighted by Crippen LogP contribution is 2.15. The summed E-state index contributed by atoms with van der Waals surface area (Å²) in [5.74, 6) is 0.677. The third-order valence-corrected chi connectivity index (χ3v) is 2.88. The molecule has 1 atom stereocenters. The number of halogens is 1. The summed E-state index contributed by atoms with van der Waals surface area (Å²) < 4.78 is 5.25. The lowest BCUT2D eigenvalue weighted by Gasteiger charge is -2.11. The van der Waals surface area contributed by atoms with Gasteiger partial charge in [0.15, 0.2) is 0 Å². The molecule has 0 aliphatic rings. The van der Waals surface area contributed by atoms with E-state index in [1.54, 1.807) is 30.5 Å². The molecule has 4 nitrogen and oxygen atoms in total. The fourth-order valence-electron chi connectivity index (χ4n) is 1.66. The second-order valence-corrected chi connectivity index (χ2v) is 4.61. The van der Waals surface area contributed by atoms with Gasteiger partial charge in [0.2, 0.25) is 5.91 Å². The number of hydrogen-bond donors (Lipinski definition) is 2. The highest BCUT2D eigenvalue weighted by molar-refractivity contribution is 6.30. The minimum absolute atomic E-state index is 0.0138. The van der Waals surface area contributed by atoms with Gasteiger partial charge in [-0.3, -0.25) is 10.1 Å². The van der Waals surface area contributed by atoms with Crippen molar-refractivity contribution in [1.82, 2.24) is 5.32 Å². The topological polar surface area (TPSA) is 54.3 Å². The van der Waals surface area contributed by atoms with Crippen LogP contribution in [-0.4, -0.2) is 12.5 Å². The molecule has 0 aliphatic carbocycles. The van der Waals surface area contributed by atoms with Gasteiger partial charge in [-0.2, -0.15) is 0 Å². The molecule has 2 aromatic rings. The SMILES string of the molecule is C[C@@H](NCC(=O)Nc1cccc(Cl)c1)c1ccco1. The standard InChI is InChI=1S/C14H15ClN2O2/c1-10(13-6-3-7-19-13)16-9-14(18)17-12-5-2-4-11(15)8-12/h2-8,10,16H,9H2,1H3,(H,17,18)/t10-/m1/s1. The van der Waals surface area contributed by atoms with E-state index in [4.69, 9.17) is 16.0 Å². The quantitative estimate of drug-likeness (QED) is 0.883. The van der Waals surface area contributed by atoms with Crippen LogP contribution in [0.5, 0.6) is 0 Å². The molecule has 0 unspecified atom stereocenters. The summed E-state index contributed by atoms with van der Waals surface area (Å²) in [6, 6.07) is 10.7. The Morgan fingerprint density at radius 3 is 2.89 bits per heavy atom. The Kier molecular flexibility index (Phi) is 4.60. The van der Waals surface area contributed by atoms with Crippen molar-refractivity contribution >= 4 is 23.2 Å². The molecule has 5 heteroatoms. The summed E-state index contributed by atoms with van der Waals surface area (Å²) in [4.78, 5) is 11.8. The molecule has 0 bridgehead atoms. The molecule has 1 aromatic heterocycles. The number of amides is 1. The van der Waals surface area contributed by atoms with Crippen molar-refractivity contribution in [2.24, 2.45) is 0 Å². The Labute approximate surface area is 116 Å². The number of nitrogens with one attached hydrogen (secondary N) is 2. The van der Waals surface area contributed by atoms with Crippen molar-refractivity contribution in [1.29, 1.82) is 0 Å². The fourth-order valence-corrected chi connectivity index (χ4v) is 1.85. The van der Waals surface area contributed by atoms with Crippen molar-refractivity contribution in [2.75, 3.05) is 11.9 Å². The van der Waals surface area contributed by atoms with E-state index in [-0.39, 0.29) is 18.5 Å². The smallest absolute Gasteiger partial charge is 0.238 e. The van der Waals surface area contributed by atoms with Gasteiger partial charge in [0.05, 0.1) is 18.8 Å². The van der Waals surface area contributed by atoms with E-state index in [1.807, 2.05) is 19.1 Å². The molecule has 1 heterocycles. The third-order valence-electron chi connectivity index (χ3n) is 2.65. The molecular weight excluding hydrogens is 264 g/mol. The van der Waals surface area contributed by atoms with Crippen LogP contribution >= 0.6 is 11.6 Å². The van der Waals surface area contributed by atoms with Crippen LogP contribution in [0.25, 0.3) is 0 Å². The van der Waals surface area contributed by atoms with Crippen LogP contribution in [0.3, 0.4) is 0 Å². The van der Waals surface area contributed by atoms with Gasteiger partial charge in [-0.15, -0.1) is 0 Å². The molecule has 0 spiro atoms. The monoisotopic (exact) mass is 278 g/mol. The molecule has 2 rings (SSSR count).